The Hall–Kier alpha value is -2.00. The summed E-state index contributed by atoms with van der Waals surface area (Å²) in [6, 6.07) is 14.8. The summed E-state index contributed by atoms with van der Waals surface area (Å²) in [6.07, 6.45) is 0. The molecule has 0 saturated carbocycles. The summed E-state index contributed by atoms with van der Waals surface area (Å²) in [6.45, 7) is 1.91. The van der Waals surface area contributed by atoms with Gasteiger partial charge in [-0.15, -0.1) is 0 Å². The normalized spacial score (nSPS) is 10.0. The number of ether oxygens (including phenoxy) is 1. The van der Waals surface area contributed by atoms with E-state index in [0.29, 0.717) is 17.4 Å². The molecule has 0 unspecified atom stereocenters. The molecule has 2 rings (SSSR count). The lowest BCUT2D eigenvalue weighted by atomic mass is 10.2. The second-order valence-electron chi connectivity index (χ2n) is 4.13. The van der Waals surface area contributed by atoms with E-state index in [0.717, 1.165) is 11.3 Å². The first-order valence-electron chi connectivity index (χ1n) is 5.88. The Labute approximate surface area is 117 Å². The first kappa shape index (κ1) is 13.4. The van der Waals surface area contributed by atoms with E-state index in [-0.39, 0.29) is 5.91 Å². The highest BCUT2D eigenvalue weighted by Crippen LogP contribution is 2.19. The number of rotatable bonds is 4. The van der Waals surface area contributed by atoms with Crippen molar-refractivity contribution in [3.63, 3.8) is 0 Å². The molecular weight excluding hydrogens is 262 g/mol. The number of carbonyl (C=O) groups is 1. The van der Waals surface area contributed by atoms with Gasteiger partial charge in [0.1, 0.15) is 12.4 Å². The molecule has 2 aromatic rings. The third-order valence-corrected chi connectivity index (χ3v) is 2.68. The lowest BCUT2D eigenvalue weighted by Crippen LogP contribution is -2.05. The molecule has 0 bridgehead atoms. The van der Waals surface area contributed by atoms with E-state index in [2.05, 4.69) is 5.32 Å². The van der Waals surface area contributed by atoms with Crippen LogP contribution in [0, 0.1) is 0 Å². The predicted molar refractivity (Wildman–Crippen MR) is 76.5 cm³/mol. The van der Waals surface area contributed by atoms with Gasteiger partial charge < -0.3 is 10.1 Å². The van der Waals surface area contributed by atoms with Crippen LogP contribution in [0.1, 0.15) is 12.5 Å². The third-order valence-electron chi connectivity index (χ3n) is 2.45. The molecule has 0 aliphatic rings. The maximum absolute atomic E-state index is 11.0. The highest BCUT2D eigenvalue weighted by Gasteiger charge is 2.00. The molecule has 0 aliphatic carbocycles. The van der Waals surface area contributed by atoms with Crippen LogP contribution in [0.3, 0.4) is 0 Å². The zero-order valence-electron chi connectivity index (χ0n) is 10.5. The van der Waals surface area contributed by atoms with Gasteiger partial charge in [0.25, 0.3) is 0 Å². The Morgan fingerprint density at radius 2 is 2.00 bits per heavy atom. The zero-order valence-corrected chi connectivity index (χ0v) is 11.3. The Morgan fingerprint density at radius 1 is 1.21 bits per heavy atom. The molecule has 0 saturated heterocycles. The van der Waals surface area contributed by atoms with E-state index in [4.69, 9.17) is 16.3 Å². The molecule has 19 heavy (non-hydrogen) atoms. The highest BCUT2D eigenvalue weighted by molar-refractivity contribution is 6.30. The summed E-state index contributed by atoms with van der Waals surface area (Å²) in [5.74, 6) is 0.596. The van der Waals surface area contributed by atoms with Gasteiger partial charge in [0.05, 0.1) is 0 Å². The van der Waals surface area contributed by atoms with Gasteiger partial charge in [0, 0.05) is 23.7 Å². The van der Waals surface area contributed by atoms with E-state index in [9.17, 15) is 4.79 Å². The van der Waals surface area contributed by atoms with Gasteiger partial charge in [-0.05, 0) is 29.8 Å². The van der Waals surface area contributed by atoms with Crippen LogP contribution in [0.4, 0.5) is 5.69 Å². The molecular formula is C15H14ClNO2. The van der Waals surface area contributed by atoms with Crippen LogP contribution in [-0.2, 0) is 11.4 Å². The Kier molecular flexibility index (Phi) is 4.42. The predicted octanol–water partition coefficient (Wildman–Crippen LogP) is 3.88. The van der Waals surface area contributed by atoms with Crippen LogP contribution in [0.2, 0.25) is 5.02 Å². The summed E-state index contributed by atoms with van der Waals surface area (Å²) in [4.78, 5) is 11.0. The number of amides is 1. The number of halogens is 1. The second kappa shape index (κ2) is 6.25. The smallest absolute Gasteiger partial charge is 0.221 e. The molecule has 0 spiro atoms. The number of nitrogens with one attached hydrogen (secondary N) is 1. The van der Waals surface area contributed by atoms with Crippen molar-refractivity contribution >= 4 is 23.2 Å². The van der Waals surface area contributed by atoms with E-state index in [1.54, 1.807) is 6.07 Å². The van der Waals surface area contributed by atoms with Crippen molar-refractivity contribution in [2.24, 2.45) is 0 Å². The number of benzene rings is 2. The Morgan fingerprint density at radius 3 is 2.74 bits per heavy atom. The van der Waals surface area contributed by atoms with Crippen LogP contribution in [0.25, 0.3) is 0 Å². The second-order valence-corrected chi connectivity index (χ2v) is 4.56. The van der Waals surface area contributed by atoms with Crippen LogP contribution >= 0.6 is 11.6 Å². The van der Waals surface area contributed by atoms with Crippen molar-refractivity contribution in [2.75, 3.05) is 5.32 Å². The van der Waals surface area contributed by atoms with Crippen molar-refractivity contribution in [2.45, 2.75) is 13.5 Å². The standard InChI is InChI=1S/C15H14ClNO2/c1-11(18)17-14-6-3-7-15(9-14)19-10-12-4-2-5-13(16)8-12/h2-9H,10H2,1H3,(H,17,18). The molecule has 0 atom stereocenters. The van der Waals surface area contributed by atoms with Crippen LogP contribution < -0.4 is 10.1 Å². The minimum atomic E-state index is -0.105. The summed E-state index contributed by atoms with van der Waals surface area (Å²) in [5.41, 5.74) is 1.72. The highest BCUT2D eigenvalue weighted by atomic mass is 35.5. The third kappa shape index (κ3) is 4.30. The average Bonchev–Trinajstić information content (AvgIpc) is 2.36. The van der Waals surface area contributed by atoms with E-state index >= 15 is 0 Å². The molecule has 3 nitrogen and oxygen atoms in total. The van der Waals surface area contributed by atoms with Gasteiger partial charge >= 0.3 is 0 Å². The fourth-order valence-corrected chi connectivity index (χ4v) is 1.87. The largest absolute Gasteiger partial charge is 0.489 e. The minimum absolute atomic E-state index is 0.105. The number of hydrogen-bond donors (Lipinski definition) is 1. The Bertz CT molecular complexity index is 584. The van der Waals surface area contributed by atoms with Crippen molar-refractivity contribution < 1.29 is 9.53 Å². The number of carbonyl (C=O) groups excluding carboxylic acids is 1. The van der Waals surface area contributed by atoms with Gasteiger partial charge in [0.15, 0.2) is 0 Å². The number of hydrogen-bond acceptors (Lipinski definition) is 2. The lowest BCUT2D eigenvalue weighted by molar-refractivity contribution is -0.114. The molecule has 98 valence electrons. The number of anilines is 1. The van der Waals surface area contributed by atoms with Gasteiger partial charge in [-0.25, -0.2) is 0 Å². The zero-order chi connectivity index (χ0) is 13.7. The maximum Gasteiger partial charge on any atom is 0.221 e. The van der Waals surface area contributed by atoms with Gasteiger partial charge in [-0.2, -0.15) is 0 Å². The SMILES string of the molecule is CC(=O)Nc1cccc(OCc2cccc(Cl)c2)c1. The van der Waals surface area contributed by atoms with Crippen molar-refractivity contribution in [3.05, 3.63) is 59.1 Å². The minimum Gasteiger partial charge on any atom is -0.489 e. The molecule has 0 aliphatic heterocycles. The van der Waals surface area contributed by atoms with Gasteiger partial charge in [-0.1, -0.05) is 29.8 Å². The van der Waals surface area contributed by atoms with E-state index < -0.39 is 0 Å². The molecule has 4 heteroatoms. The van der Waals surface area contributed by atoms with Crippen molar-refractivity contribution in [3.8, 4) is 5.75 Å². The fourth-order valence-electron chi connectivity index (χ4n) is 1.66. The molecule has 2 aromatic carbocycles. The van der Waals surface area contributed by atoms with Crippen LogP contribution in [0.5, 0.6) is 5.75 Å². The summed E-state index contributed by atoms with van der Waals surface area (Å²) < 4.78 is 5.66. The molecule has 0 fully saturated rings. The topological polar surface area (TPSA) is 38.3 Å². The quantitative estimate of drug-likeness (QED) is 0.920. The maximum atomic E-state index is 11.0. The molecule has 0 aromatic heterocycles. The molecule has 1 amide bonds. The molecule has 0 radical (unpaired) electrons. The fraction of sp³-hybridized carbons (Fsp3) is 0.133. The van der Waals surface area contributed by atoms with E-state index in [1.807, 2.05) is 42.5 Å². The van der Waals surface area contributed by atoms with Crippen molar-refractivity contribution in [1.82, 2.24) is 0 Å². The average molecular weight is 276 g/mol. The summed E-state index contributed by atoms with van der Waals surface area (Å²) >= 11 is 5.91. The van der Waals surface area contributed by atoms with Crippen LogP contribution in [-0.4, -0.2) is 5.91 Å². The van der Waals surface area contributed by atoms with Crippen LogP contribution in [0.15, 0.2) is 48.5 Å². The summed E-state index contributed by atoms with van der Waals surface area (Å²) in [5, 5.41) is 3.40. The monoisotopic (exact) mass is 275 g/mol. The van der Waals surface area contributed by atoms with E-state index in [1.165, 1.54) is 6.92 Å². The van der Waals surface area contributed by atoms with Gasteiger partial charge in [-0.3, -0.25) is 4.79 Å². The summed E-state index contributed by atoms with van der Waals surface area (Å²) in [7, 11) is 0. The van der Waals surface area contributed by atoms with Crippen molar-refractivity contribution in [1.29, 1.82) is 0 Å². The lowest BCUT2D eigenvalue weighted by Gasteiger charge is -2.08. The first-order valence-corrected chi connectivity index (χ1v) is 6.26. The molecule has 0 heterocycles. The molecule has 1 N–H and O–H groups in total. The first-order chi connectivity index (χ1) is 9.13. The van der Waals surface area contributed by atoms with Gasteiger partial charge in [0.2, 0.25) is 5.91 Å². The Balaban J connectivity index is 2.01.